The maximum Gasteiger partial charge on any atom is 0.341 e. The summed E-state index contributed by atoms with van der Waals surface area (Å²) in [6, 6.07) is 14.3. The van der Waals surface area contributed by atoms with E-state index in [1.165, 1.54) is 17.7 Å². The number of phenolic OH excluding ortho intramolecular Hbond substituents is 1. The second kappa shape index (κ2) is 6.61. The smallest absolute Gasteiger partial charge is 0.341 e. The van der Waals surface area contributed by atoms with Crippen LogP contribution in [0.2, 0.25) is 0 Å². The van der Waals surface area contributed by atoms with E-state index in [9.17, 15) is 9.90 Å². The quantitative estimate of drug-likeness (QED) is 0.498. The lowest BCUT2D eigenvalue weighted by Gasteiger charge is -2.07. The molecule has 0 heterocycles. The number of aryl methyl sites for hydroxylation is 1. The molecule has 0 unspecified atom stereocenters. The average Bonchev–Trinajstić information content (AvgIpc) is 2.44. The Morgan fingerprint density at radius 3 is 2.60 bits per heavy atom. The van der Waals surface area contributed by atoms with E-state index in [1.807, 2.05) is 30.3 Å². The first-order valence-electron chi connectivity index (χ1n) is 6.46. The molecule has 0 aromatic heterocycles. The van der Waals surface area contributed by atoms with Gasteiger partial charge in [0.15, 0.2) is 0 Å². The van der Waals surface area contributed by atoms with Gasteiger partial charge in [-0.05, 0) is 30.5 Å². The number of aromatic hydroxyl groups is 1. The molecule has 2 aromatic rings. The lowest BCUT2D eigenvalue weighted by atomic mass is 10.1. The SMILES string of the molecule is Nc1ccc(C(=O)OCCCc2ccccc2)c(O)c1. The van der Waals surface area contributed by atoms with E-state index in [2.05, 4.69) is 0 Å². The van der Waals surface area contributed by atoms with Crippen molar-refractivity contribution in [3.05, 3.63) is 59.7 Å². The largest absolute Gasteiger partial charge is 0.507 e. The molecule has 0 aliphatic rings. The molecule has 0 radical (unpaired) electrons. The molecule has 0 aliphatic heterocycles. The van der Waals surface area contributed by atoms with Crippen molar-refractivity contribution in [2.45, 2.75) is 12.8 Å². The minimum atomic E-state index is -0.532. The van der Waals surface area contributed by atoms with Crippen molar-refractivity contribution in [2.75, 3.05) is 12.3 Å². The van der Waals surface area contributed by atoms with E-state index in [0.717, 1.165) is 12.8 Å². The Bertz CT molecular complexity index is 582. The van der Waals surface area contributed by atoms with Gasteiger partial charge in [-0.2, -0.15) is 0 Å². The molecule has 0 bridgehead atoms. The molecule has 104 valence electrons. The monoisotopic (exact) mass is 271 g/mol. The van der Waals surface area contributed by atoms with E-state index in [0.29, 0.717) is 12.3 Å². The fourth-order valence-corrected chi connectivity index (χ4v) is 1.88. The van der Waals surface area contributed by atoms with Crippen molar-refractivity contribution >= 4 is 11.7 Å². The summed E-state index contributed by atoms with van der Waals surface area (Å²) in [5.41, 5.74) is 7.25. The first-order valence-corrected chi connectivity index (χ1v) is 6.46. The molecule has 2 rings (SSSR count). The highest BCUT2D eigenvalue weighted by molar-refractivity contribution is 5.92. The molecular formula is C16H17NO3. The van der Waals surface area contributed by atoms with Crippen LogP contribution < -0.4 is 5.73 Å². The Morgan fingerprint density at radius 1 is 1.15 bits per heavy atom. The van der Waals surface area contributed by atoms with Crippen LogP contribution in [0, 0.1) is 0 Å². The van der Waals surface area contributed by atoms with Crippen LogP contribution in [0.5, 0.6) is 5.75 Å². The average molecular weight is 271 g/mol. The molecule has 4 nitrogen and oxygen atoms in total. The van der Waals surface area contributed by atoms with Crippen molar-refractivity contribution < 1.29 is 14.6 Å². The summed E-state index contributed by atoms with van der Waals surface area (Å²) in [5.74, 6) is -0.686. The number of ether oxygens (including phenoxy) is 1. The third kappa shape index (κ3) is 3.75. The molecule has 20 heavy (non-hydrogen) atoms. The molecule has 0 amide bonds. The number of carbonyl (C=O) groups excluding carboxylic acids is 1. The number of anilines is 1. The van der Waals surface area contributed by atoms with Gasteiger partial charge in [-0.15, -0.1) is 0 Å². The van der Waals surface area contributed by atoms with E-state index in [-0.39, 0.29) is 11.3 Å². The van der Waals surface area contributed by atoms with E-state index in [1.54, 1.807) is 6.07 Å². The Hall–Kier alpha value is -2.49. The summed E-state index contributed by atoms with van der Waals surface area (Å²) < 4.78 is 5.13. The van der Waals surface area contributed by atoms with Crippen LogP contribution in [0.1, 0.15) is 22.3 Å². The second-order valence-corrected chi connectivity index (χ2v) is 4.50. The number of hydrogen-bond acceptors (Lipinski definition) is 4. The maximum atomic E-state index is 11.8. The highest BCUT2D eigenvalue weighted by Gasteiger charge is 2.12. The number of phenols is 1. The van der Waals surface area contributed by atoms with Gasteiger partial charge >= 0.3 is 5.97 Å². The topological polar surface area (TPSA) is 72.6 Å². The summed E-state index contributed by atoms with van der Waals surface area (Å²) in [6.45, 7) is 0.317. The van der Waals surface area contributed by atoms with Gasteiger partial charge in [-0.3, -0.25) is 0 Å². The fourth-order valence-electron chi connectivity index (χ4n) is 1.88. The van der Waals surface area contributed by atoms with Crippen molar-refractivity contribution in [3.63, 3.8) is 0 Å². The zero-order valence-electron chi connectivity index (χ0n) is 11.1. The summed E-state index contributed by atoms with van der Waals surface area (Å²) in [4.78, 5) is 11.8. The van der Waals surface area contributed by atoms with Gasteiger partial charge in [0.05, 0.1) is 6.61 Å². The number of nitrogen functional groups attached to an aromatic ring is 1. The standard InChI is InChI=1S/C16H17NO3/c17-13-8-9-14(15(18)11-13)16(19)20-10-4-7-12-5-2-1-3-6-12/h1-3,5-6,8-9,11,18H,4,7,10,17H2. The minimum absolute atomic E-state index is 0.138. The van der Waals surface area contributed by atoms with Crippen LogP contribution in [0.4, 0.5) is 5.69 Å². The fraction of sp³-hybridized carbons (Fsp3) is 0.188. The molecule has 3 N–H and O–H groups in total. The zero-order chi connectivity index (χ0) is 14.4. The van der Waals surface area contributed by atoms with Gasteiger partial charge < -0.3 is 15.6 Å². The Labute approximate surface area is 117 Å². The van der Waals surface area contributed by atoms with Crippen molar-refractivity contribution in [3.8, 4) is 5.75 Å². The van der Waals surface area contributed by atoms with Crippen molar-refractivity contribution in [2.24, 2.45) is 0 Å². The molecule has 0 atom stereocenters. The van der Waals surface area contributed by atoms with Crippen LogP contribution in [-0.4, -0.2) is 17.7 Å². The first kappa shape index (κ1) is 13.9. The van der Waals surface area contributed by atoms with Crippen LogP contribution >= 0.6 is 0 Å². The van der Waals surface area contributed by atoms with E-state index < -0.39 is 5.97 Å². The Balaban J connectivity index is 1.80. The molecule has 0 spiro atoms. The third-order valence-corrected chi connectivity index (χ3v) is 2.93. The predicted octanol–water partition coefficient (Wildman–Crippen LogP) is 2.76. The molecule has 2 aromatic carbocycles. The van der Waals surface area contributed by atoms with E-state index >= 15 is 0 Å². The molecule has 0 fully saturated rings. The second-order valence-electron chi connectivity index (χ2n) is 4.50. The van der Waals surface area contributed by atoms with Gasteiger partial charge in [0, 0.05) is 11.8 Å². The highest BCUT2D eigenvalue weighted by Crippen LogP contribution is 2.20. The van der Waals surface area contributed by atoms with Crippen LogP contribution in [0.15, 0.2) is 48.5 Å². The molecule has 0 aliphatic carbocycles. The highest BCUT2D eigenvalue weighted by atomic mass is 16.5. The zero-order valence-corrected chi connectivity index (χ0v) is 11.1. The van der Waals surface area contributed by atoms with Crippen molar-refractivity contribution in [1.29, 1.82) is 0 Å². The van der Waals surface area contributed by atoms with Gasteiger partial charge in [0.2, 0.25) is 0 Å². The van der Waals surface area contributed by atoms with Gasteiger partial charge in [-0.1, -0.05) is 30.3 Å². The summed E-state index contributed by atoms with van der Waals surface area (Å²) in [6.07, 6.45) is 1.59. The van der Waals surface area contributed by atoms with Crippen LogP contribution in [0.3, 0.4) is 0 Å². The Morgan fingerprint density at radius 2 is 1.90 bits per heavy atom. The third-order valence-electron chi connectivity index (χ3n) is 2.93. The molecular weight excluding hydrogens is 254 g/mol. The number of rotatable bonds is 5. The lowest BCUT2D eigenvalue weighted by Crippen LogP contribution is -2.07. The number of nitrogens with two attached hydrogens (primary N) is 1. The van der Waals surface area contributed by atoms with Crippen molar-refractivity contribution in [1.82, 2.24) is 0 Å². The maximum absolute atomic E-state index is 11.8. The predicted molar refractivity (Wildman–Crippen MR) is 77.6 cm³/mol. The summed E-state index contributed by atoms with van der Waals surface area (Å²) in [5, 5.41) is 9.62. The van der Waals surface area contributed by atoms with Crippen LogP contribution in [0.25, 0.3) is 0 Å². The van der Waals surface area contributed by atoms with Gasteiger partial charge in [0.1, 0.15) is 11.3 Å². The first-order chi connectivity index (χ1) is 9.66. The van der Waals surface area contributed by atoms with E-state index in [4.69, 9.17) is 10.5 Å². The number of esters is 1. The normalized spacial score (nSPS) is 10.2. The number of hydrogen-bond donors (Lipinski definition) is 2. The summed E-state index contributed by atoms with van der Waals surface area (Å²) >= 11 is 0. The van der Waals surface area contributed by atoms with Crippen LogP contribution in [-0.2, 0) is 11.2 Å². The molecule has 0 saturated heterocycles. The van der Waals surface area contributed by atoms with Gasteiger partial charge in [-0.25, -0.2) is 4.79 Å². The Kier molecular flexibility index (Phi) is 4.60. The summed E-state index contributed by atoms with van der Waals surface area (Å²) in [7, 11) is 0. The minimum Gasteiger partial charge on any atom is -0.507 e. The lowest BCUT2D eigenvalue weighted by molar-refractivity contribution is 0.0497. The molecule has 0 saturated carbocycles. The van der Waals surface area contributed by atoms with Gasteiger partial charge in [0.25, 0.3) is 0 Å². The number of carbonyl (C=O) groups is 1. The molecule has 4 heteroatoms. The number of benzene rings is 2.